The molecule has 122 valence electrons. The number of carbonyl (C=O) groups is 1. The van der Waals surface area contributed by atoms with Gasteiger partial charge in [-0.05, 0) is 38.8 Å². The van der Waals surface area contributed by atoms with Gasteiger partial charge in [-0.15, -0.1) is 0 Å². The zero-order valence-corrected chi connectivity index (χ0v) is 14.2. The molecule has 0 spiro atoms. The zero-order valence-electron chi connectivity index (χ0n) is 14.2. The summed E-state index contributed by atoms with van der Waals surface area (Å²) in [4.78, 5) is 9.00. The highest BCUT2D eigenvalue weighted by Crippen LogP contribution is 2.16. The van der Waals surface area contributed by atoms with E-state index in [1.807, 2.05) is 0 Å². The summed E-state index contributed by atoms with van der Waals surface area (Å²) in [5.74, 6) is -0.833. The van der Waals surface area contributed by atoms with Gasteiger partial charge < -0.3 is 15.7 Å². The first kappa shape index (κ1) is 21.7. The first-order valence-electron chi connectivity index (χ1n) is 8.19. The summed E-state index contributed by atoms with van der Waals surface area (Å²) in [6.45, 7) is 12.1. The molecule has 2 fully saturated rings. The maximum Gasteiger partial charge on any atom is 0.300 e. The second kappa shape index (κ2) is 16.4. The lowest BCUT2D eigenvalue weighted by Crippen LogP contribution is -2.40. The second-order valence-corrected chi connectivity index (χ2v) is 5.34. The van der Waals surface area contributed by atoms with Gasteiger partial charge in [-0.1, -0.05) is 40.5 Å². The summed E-state index contributed by atoms with van der Waals surface area (Å²) >= 11 is 0. The van der Waals surface area contributed by atoms with Gasteiger partial charge in [-0.25, -0.2) is 0 Å². The molecule has 2 aliphatic rings. The van der Waals surface area contributed by atoms with Gasteiger partial charge in [-0.3, -0.25) is 4.79 Å². The van der Waals surface area contributed by atoms with Crippen LogP contribution in [-0.4, -0.2) is 36.2 Å². The van der Waals surface area contributed by atoms with Crippen molar-refractivity contribution < 1.29 is 9.90 Å². The summed E-state index contributed by atoms with van der Waals surface area (Å²) in [7, 11) is 0. The molecule has 0 aliphatic carbocycles. The highest BCUT2D eigenvalue weighted by molar-refractivity contribution is 5.62. The van der Waals surface area contributed by atoms with E-state index in [4.69, 9.17) is 9.90 Å². The van der Waals surface area contributed by atoms with E-state index >= 15 is 0 Å². The molecule has 0 bridgehead atoms. The quantitative estimate of drug-likeness (QED) is 0.692. The lowest BCUT2D eigenvalue weighted by molar-refractivity contribution is -0.134. The molecule has 0 aromatic carbocycles. The van der Waals surface area contributed by atoms with Crippen molar-refractivity contribution in [1.82, 2.24) is 10.6 Å². The Morgan fingerprint density at radius 3 is 1.35 bits per heavy atom. The predicted molar refractivity (Wildman–Crippen MR) is 87.3 cm³/mol. The van der Waals surface area contributed by atoms with Gasteiger partial charge in [-0.2, -0.15) is 0 Å². The van der Waals surface area contributed by atoms with Crippen molar-refractivity contribution in [2.45, 2.75) is 85.2 Å². The van der Waals surface area contributed by atoms with Gasteiger partial charge in [0, 0.05) is 19.0 Å². The third kappa shape index (κ3) is 15.4. The summed E-state index contributed by atoms with van der Waals surface area (Å²) in [6.07, 6.45) is 8.03. The van der Waals surface area contributed by atoms with E-state index in [9.17, 15) is 0 Å². The Hall–Kier alpha value is -0.610. The smallest absolute Gasteiger partial charge is 0.300 e. The fraction of sp³-hybridized carbons (Fsp3) is 0.938. The van der Waals surface area contributed by atoms with Crippen LogP contribution in [-0.2, 0) is 4.79 Å². The van der Waals surface area contributed by atoms with Crippen LogP contribution in [0.4, 0.5) is 0 Å². The molecule has 4 heteroatoms. The molecular formula is C16H36N2O2. The average Bonchev–Trinajstić information content (AvgIpc) is 3.04. The highest BCUT2D eigenvalue weighted by atomic mass is 16.4. The van der Waals surface area contributed by atoms with Crippen LogP contribution in [0.3, 0.4) is 0 Å². The van der Waals surface area contributed by atoms with Crippen LogP contribution in [0.5, 0.6) is 0 Å². The number of carboxylic acid groups (broad SMARTS) is 1. The maximum atomic E-state index is 9.00. The summed E-state index contributed by atoms with van der Waals surface area (Å²) in [6, 6.07) is 1.59. The third-order valence-electron chi connectivity index (χ3n) is 2.68. The Labute approximate surface area is 125 Å². The van der Waals surface area contributed by atoms with E-state index in [0.29, 0.717) is 0 Å². The fourth-order valence-corrected chi connectivity index (χ4v) is 2.11. The molecule has 0 amide bonds. The number of aliphatic carboxylic acids is 1. The molecule has 2 heterocycles. The standard InChI is InChI=1S/C8H16N2.2C3H8.C2H4O2/c1-3-7(9-5-1)8-4-2-6-10-8;2*1-3-2;1-2(3)4/h7-10H,1-6H2;2*3H2,1-2H3;1H3,(H,3,4). The van der Waals surface area contributed by atoms with Crippen LogP contribution in [0.25, 0.3) is 0 Å². The number of hydrogen-bond acceptors (Lipinski definition) is 3. The van der Waals surface area contributed by atoms with Crippen molar-refractivity contribution >= 4 is 5.97 Å². The van der Waals surface area contributed by atoms with Gasteiger partial charge >= 0.3 is 0 Å². The van der Waals surface area contributed by atoms with E-state index in [-0.39, 0.29) is 0 Å². The second-order valence-electron chi connectivity index (χ2n) is 5.34. The van der Waals surface area contributed by atoms with Crippen molar-refractivity contribution in [1.29, 1.82) is 0 Å². The lowest BCUT2D eigenvalue weighted by atomic mass is 10.1. The van der Waals surface area contributed by atoms with E-state index in [2.05, 4.69) is 38.3 Å². The average molecular weight is 288 g/mol. The van der Waals surface area contributed by atoms with Gasteiger partial charge in [0.1, 0.15) is 0 Å². The highest BCUT2D eigenvalue weighted by Gasteiger charge is 2.26. The Bertz CT molecular complexity index is 179. The number of hydrogen-bond donors (Lipinski definition) is 3. The van der Waals surface area contributed by atoms with Crippen LogP contribution in [0.2, 0.25) is 0 Å². The van der Waals surface area contributed by atoms with E-state index < -0.39 is 5.97 Å². The minimum absolute atomic E-state index is 0.794. The molecule has 2 aliphatic heterocycles. The van der Waals surface area contributed by atoms with Crippen LogP contribution in [0.1, 0.15) is 73.1 Å². The van der Waals surface area contributed by atoms with Crippen molar-refractivity contribution in [3.63, 3.8) is 0 Å². The molecule has 0 aromatic rings. The molecule has 3 N–H and O–H groups in total. The van der Waals surface area contributed by atoms with Crippen molar-refractivity contribution in [2.75, 3.05) is 13.1 Å². The lowest BCUT2D eigenvalue weighted by Gasteiger charge is -2.17. The van der Waals surface area contributed by atoms with Crippen molar-refractivity contribution in [2.24, 2.45) is 0 Å². The van der Waals surface area contributed by atoms with Crippen LogP contribution >= 0.6 is 0 Å². The Balaban J connectivity index is 0. The van der Waals surface area contributed by atoms with Crippen LogP contribution in [0.15, 0.2) is 0 Å². The van der Waals surface area contributed by atoms with E-state index in [1.54, 1.807) is 0 Å². The SMILES string of the molecule is C1CNC(C2CCCN2)C1.CC(=O)O.CCC.CCC. The Kier molecular flexibility index (Phi) is 17.8. The van der Waals surface area contributed by atoms with Gasteiger partial charge in [0.25, 0.3) is 5.97 Å². The van der Waals surface area contributed by atoms with E-state index in [0.717, 1.165) is 19.0 Å². The molecule has 4 nitrogen and oxygen atoms in total. The van der Waals surface area contributed by atoms with Crippen LogP contribution in [0, 0.1) is 0 Å². The Morgan fingerprint density at radius 1 is 0.950 bits per heavy atom. The summed E-state index contributed by atoms with van der Waals surface area (Å²) in [5, 5.41) is 14.5. The molecule has 0 aromatic heterocycles. The Morgan fingerprint density at radius 2 is 1.20 bits per heavy atom. The molecule has 2 rings (SSSR count). The van der Waals surface area contributed by atoms with Crippen LogP contribution < -0.4 is 10.6 Å². The topological polar surface area (TPSA) is 61.4 Å². The fourth-order valence-electron chi connectivity index (χ4n) is 2.11. The molecule has 2 saturated heterocycles. The number of carboxylic acids is 1. The molecule has 0 radical (unpaired) electrons. The van der Waals surface area contributed by atoms with Gasteiger partial charge in [0.05, 0.1) is 0 Å². The largest absolute Gasteiger partial charge is 0.481 e. The molecule has 2 unspecified atom stereocenters. The minimum atomic E-state index is -0.833. The van der Waals surface area contributed by atoms with Gasteiger partial charge in [0.15, 0.2) is 0 Å². The maximum absolute atomic E-state index is 9.00. The number of rotatable bonds is 1. The van der Waals surface area contributed by atoms with Crippen molar-refractivity contribution in [3.8, 4) is 0 Å². The normalized spacial score (nSPS) is 23.4. The van der Waals surface area contributed by atoms with E-state index in [1.165, 1.54) is 51.6 Å². The summed E-state index contributed by atoms with van der Waals surface area (Å²) in [5.41, 5.74) is 0. The molecular weight excluding hydrogens is 252 g/mol. The predicted octanol–water partition coefficient (Wildman–Crippen LogP) is 3.41. The minimum Gasteiger partial charge on any atom is -0.481 e. The molecule has 20 heavy (non-hydrogen) atoms. The monoisotopic (exact) mass is 288 g/mol. The van der Waals surface area contributed by atoms with Crippen molar-refractivity contribution in [3.05, 3.63) is 0 Å². The zero-order chi connectivity index (χ0) is 15.8. The summed E-state index contributed by atoms with van der Waals surface area (Å²) < 4.78 is 0. The first-order chi connectivity index (χ1) is 9.53. The number of nitrogens with one attached hydrogen (secondary N) is 2. The molecule has 2 atom stereocenters. The first-order valence-corrected chi connectivity index (χ1v) is 8.19. The third-order valence-corrected chi connectivity index (χ3v) is 2.68. The van der Waals surface area contributed by atoms with Gasteiger partial charge in [0.2, 0.25) is 0 Å². The molecule has 0 saturated carbocycles.